The molecular formula is C26H31F3N6O2S. The molecule has 12 heteroatoms. The number of aromatic nitrogens is 3. The fraction of sp³-hybridized carbons (Fsp3) is 0.538. The number of fused-ring (bicyclic) bond motifs is 1. The second-order valence-electron chi connectivity index (χ2n) is 10.5. The highest BCUT2D eigenvalue weighted by Gasteiger charge is 2.47. The number of amides is 1. The highest BCUT2D eigenvalue weighted by molar-refractivity contribution is 7.09. The fourth-order valence-electron chi connectivity index (χ4n) is 5.32. The van der Waals surface area contributed by atoms with Gasteiger partial charge in [0.1, 0.15) is 11.6 Å². The molecule has 3 aromatic rings. The van der Waals surface area contributed by atoms with Gasteiger partial charge < -0.3 is 15.7 Å². The molecule has 1 saturated carbocycles. The molecule has 3 heterocycles. The number of thiazole rings is 1. The molecule has 0 atom stereocenters. The van der Waals surface area contributed by atoms with E-state index in [0.29, 0.717) is 24.4 Å². The largest absolute Gasteiger partial charge is 0.416 e. The van der Waals surface area contributed by atoms with Crippen molar-refractivity contribution in [3.63, 3.8) is 0 Å². The van der Waals surface area contributed by atoms with E-state index in [4.69, 9.17) is 0 Å². The zero-order chi connectivity index (χ0) is 27.1. The molecule has 8 nitrogen and oxygen atoms in total. The van der Waals surface area contributed by atoms with E-state index < -0.39 is 11.7 Å². The van der Waals surface area contributed by atoms with Crippen LogP contribution in [0.25, 0.3) is 10.9 Å². The Labute approximate surface area is 222 Å². The first-order valence-electron chi connectivity index (χ1n) is 12.8. The summed E-state index contributed by atoms with van der Waals surface area (Å²) in [6.45, 7) is 5.04. The zero-order valence-electron chi connectivity index (χ0n) is 21.3. The molecule has 5 rings (SSSR count). The third kappa shape index (κ3) is 5.34. The number of hydrogen-bond donors (Lipinski definition) is 3. The van der Waals surface area contributed by atoms with Crippen molar-refractivity contribution < 1.29 is 23.1 Å². The summed E-state index contributed by atoms with van der Waals surface area (Å²) < 4.78 is 39.9. The van der Waals surface area contributed by atoms with E-state index in [2.05, 4.69) is 30.5 Å². The number of rotatable bonds is 7. The van der Waals surface area contributed by atoms with E-state index in [0.717, 1.165) is 37.8 Å². The number of alkyl halides is 3. The second-order valence-corrected chi connectivity index (χ2v) is 11.4. The predicted octanol–water partition coefficient (Wildman–Crippen LogP) is 4.27. The lowest BCUT2D eigenvalue weighted by Crippen LogP contribution is -2.66. The van der Waals surface area contributed by atoms with E-state index in [9.17, 15) is 23.1 Å². The smallest absolute Gasteiger partial charge is 0.393 e. The highest BCUT2D eigenvalue weighted by atomic mass is 32.1. The number of carbonyl (C=O) groups excluding carboxylic acids is 1. The summed E-state index contributed by atoms with van der Waals surface area (Å²) in [7, 11) is 0. The molecule has 2 aromatic heterocycles. The third-order valence-corrected chi connectivity index (χ3v) is 8.46. The van der Waals surface area contributed by atoms with Crippen molar-refractivity contribution >= 4 is 34.0 Å². The lowest BCUT2D eigenvalue weighted by molar-refractivity contribution is -0.137. The zero-order valence-corrected chi connectivity index (χ0v) is 22.1. The Kier molecular flexibility index (Phi) is 7.31. The van der Waals surface area contributed by atoms with Gasteiger partial charge in [0.05, 0.1) is 40.8 Å². The van der Waals surface area contributed by atoms with Crippen LogP contribution >= 0.6 is 11.3 Å². The minimum Gasteiger partial charge on any atom is -0.393 e. The van der Waals surface area contributed by atoms with Gasteiger partial charge in [0.2, 0.25) is 5.91 Å². The van der Waals surface area contributed by atoms with E-state index in [1.165, 1.54) is 10.9 Å². The molecular weight excluding hydrogens is 517 g/mol. The molecule has 1 aliphatic carbocycles. The Morgan fingerprint density at radius 2 is 1.97 bits per heavy atom. The Hall–Kier alpha value is -2.83. The van der Waals surface area contributed by atoms with E-state index >= 15 is 0 Å². The first-order chi connectivity index (χ1) is 18.0. The number of likely N-dealkylation sites (tertiary alicyclic amines) is 1. The average molecular weight is 549 g/mol. The lowest BCUT2D eigenvalue weighted by Gasteiger charge is -2.54. The van der Waals surface area contributed by atoms with Gasteiger partial charge in [-0.2, -0.15) is 13.2 Å². The van der Waals surface area contributed by atoms with Gasteiger partial charge in [-0.15, -0.1) is 11.3 Å². The molecule has 0 bridgehead atoms. The van der Waals surface area contributed by atoms with Crippen LogP contribution in [0.15, 0.2) is 29.9 Å². The first kappa shape index (κ1) is 26.8. The molecule has 2 aliphatic rings. The Morgan fingerprint density at radius 3 is 2.61 bits per heavy atom. The molecule has 1 aromatic carbocycles. The van der Waals surface area contributed by atoms with Gasteiger partial charge in [0.15, 0.2) is 0 Å². The van der Waals surface area contributed by atoms with Gasteiger partial charge in [0.25, 0.3) is 0 Å². The van der Waals surface area contributed by atoms with Crippen LogP contribution < -0.4 is 10.6 Å². The SMILES string of the molecule is CC(C)c1nc(NCC(=O)NC2CN([C@]3(c4cncs4)CC[C@@H](O)CC3)C2)c2cc(C(F)(F)F)ccc2n1. The van der Waals surface area contributed by atoms with Crippen LogP contribution in [0.3, 0.4) is 0 Å². The van der Waals surface area contributed by atoms with Gasteiger partial charge in [-0.1, -0.05) is 13.8 Å². The van der Waals surface area contributed by atoms with Crippen LogP contribution in [0.4, 0.5) is 19.0 Å². The lowest BCUT2D eigenvalue weighted by atomic mass is 9.76. The minimum atomic E-state index is -4.50. The number of nitrogens with one attached hydrogen (secondary N) is 2. The third-order valence-electron chi connectivity index (χ3n) is 7.50. The molecule has 1 amide bonds. The summed E-state index contributed by atoms with van der Waals surface area (Å²) in [6.07, 6.45) is 0.283. The number of benzene rings is 1. The van der Waals surface area contributed by atoms with E-state index in [1.807, 2.05) is 25.6 Å². The van der Waals surface area contributed by atoms with Crippen LogP contribution in [0.1, 0.15) is 61.7 Å². The molecule has 0 radical (unpaired) electrons. The number of aliphatic hydroxyl groups excluding tert-OH is 1. The summed E-state index contributed by atoms with van der Waals surface area (Å²) >= 11 is 1.62. The Morgan fingerprint density at radius 1 is 1.24 bits per heavy atom. The van der Waals surface area contributed by atoms with Crippen LogP contribution in [-0.2, 0) is 16.5 Å². The van der Waals surface area contributed by atoms with E-state index in [-0.39, 0.29) is 47.3 Å². The summed E-state index contributed by atoms with van der Waals surface area (Å²) in [5, 5.41) is 16.2. The molecule has 1 saturated heterocycles. The predicted molar refractivity (Wildman–Crippen MR) is 139 cm³/mol. The number of halogens is 3. The standard InChI is InChI=1S/C26H31F3N6O2S/c1-15(2)23-33-20-4-3-16(26(27,28)29)9-19(20)24(34-23)31-11-22(37)32-17-12-35(13-17)25(21-10-30-14-38-21)7-5-18(36)6-8-25/h3-4,9-10,14-15,17-18,36H,5-8,11-13H2,1-2H3,(H,32,37)(H,31,33,34)/t18-,25-. The highest BCUT2D eigenvalue weighted by Crippen LogP contribution is 2.46. The Balaban J connectivity index is 1.24. The van der Waals surface area contributed by atoms with Gasteiger partial charge in [-0.05, 0) is 43.9 Å². The summed E-state index contributed by atoms with van der Waals surface area (Å²) in [5.74, 6) is 0.398. The van der Waals surface area contributed by atoms with Crippen LogP contribution in [0.2, 0.25) is 0 Å². The molecule has 0 spiro atoms. The summed E-state index contributed by atoms with van der Waals surface area (Å²) in [5.41, 5.74) is 1.26. The maximum Gasteiger partial charge on any atom is 0.416 e. The maximum atomic E-state index is 13.3. The number of hydrogen-bond acceptors (Lipinski definition) is 8. The number of anilines is 1. The van der Waals surface area contributed by atoms with Crippen LogP contribution in [0, 0.1) is 0 Å². The monoisotopic (exact) mass is 548 g/mol. The quantitative estimate of drug-likeness (QED) is 0.405. The summed E-state index contributed by atoms with van der Waals surface area (Å²) in [6, 6.07) is 3.32. The topological polar surface area (TPSA) is 103 Å². The molecule has 3 N–H and O–H groups in total. The number of nitrogens with zero attached hydrogens (tertiary/aromatic N) is 4. The van der Waals surface area contributed by atoms with Gasteiger partial charge in [-0.25, -0.2) is 9.97 Å². The molecule has 2 fully saturated rings. The van der Waals surface area contributed by atoms with Crippen LogP contribution in [-0.4, -0.2) is 62.6 Å². The number of carbonyl (C=O) groups is 1. The normalized spacial score (nSPS) is 23.0. The Bertz CT molecular complexity index is 1290. The summed E-state index contributed by atoms with van der Waals surface area (Å²) in [4.78, 5) is 29.4. The number of aliphatic hydroxyl groups is 1. The van der Waals surface area contributed by atoms with Crippen molar-refractivity contribution in [2.75, 3.05) is 25.0 Å². The first-order valence-corrected chi connectivity index (χ1v) is 13.7. The van der Waals surface area contributed by atoms with Crippen molar-refractivity contribution in [3.8, 4) is 0 Å². The van der Waals surface area contributed by atoms with Gasteiger partial charge in [-0.3, -0.25) is 14.7 Å². The van der Waals surface area contributed by atoms with Crippen molar-refractivity contribution in [3.05, 3.63) is 46.2 Å². The molecule has 0 unspecified atom stereocenters. The fourth-order valence-corrected chi connectivity index (χ4v) is 6.23. The minimum absolute atomic E-state index is 0.0360. The van der Waals surface area contributed by atoms with Crippen LogP contribution in [0.5, 0.6) is 0 Å². The second kappa shape index (κ2) is 10.4. The van der Waals surface area contributed by atoms with Crippen molar-refractivity contribution in [2.45, 2.75) is 69.3 Å². The van der Waals surface area contributed by atoms with Crippen molar-refractivity contribution in [1.29, 1.82) is 0 Å². The van der Waals surface area contributed by atoms with Crippen molar-refractivity contribution in [1.82, 2.24) is 25.2 Å². The maximum absolute atomic E-state index is 13.3. The molecule has 1 aliphatic heterocycles. The molecule has 204 valence electrons. The van der Waals surface area contributed by atoms with Crippen molar-refractivity contribution in [2.24, 2.45) is 0 Å². The van der Waals surface area contributed by atoms with Gasteiger partial charge in [0, 0.05) is 35.5 Å². The average Bonchev–Trinajstić information content (AvgIpc) is 3.40. The van der Waals surface area contributed by atoms with Gasteiger partial charge >= 0.3 is 6.18 Å². The van der Waals surface area contributed by atoms with E-state index in [1.54, 1.807) is 11.3 Å². The molecule has 38 heavy (non-hydrogen) atoms.